The van der Waals surface area contributed by atoms with E-state index in [2.05, 4.69) is 0 Å². The Morgan fingerprint density at radius 1 is 1.43 bits per heavy atom. The van der Waals surface area contributed by atoms with E-state index in [1.807, 2.05) is 6.92 Å². The van der Waals surface area contributed by atoms with Gasteiger partial charge in [-0.15, -0.1) is 0 Å². The fourth-order valence-electron chi connectivity index (χ4n) is 2.37. The molecule has 0 N–H and O–H groups in total. The molecule has 0 radical (unpaired) electrons. The lowest BCUT2D eigenvalue weighted by atomic mass is 10.1. The van der Waals surface area contributed by atoms with Gasteiger partial charge in [-0.2, -0.15) is 0 Å². The van der Waals surface area contributed by atoms with Crippen molar-refractivity contribution in [2.75, 3.05) is 19.7 Å². The van der Waals surface area contributed by atoms with Gasteiger partial charge in [-0.05, 0) is 25.1 Å². The third kappa shape index (κ3) is 4.00. The van der Waals surface area contributed by atoms with E-state index in [1.165, 1.54) is 0 Å². The molecular formula is C15H17F2NO3. The van der Waals surface area contributed by atoms with Crippen LogP contribution in [0.4, 0.5) is 8.78 Å². The second kappa shape index (κ2) is 6.65. The van der Waals surface area contributed by atoms with Crippen molar-refractivity contribution in [2.45, 2.75) is 19.8 Å². The number of amides is 1. The Morgan fingerprint density at radius 2 is 2.19 bits per heavy atom. The molecule has 1 aromatic rings. The minimum atomic E-state index is -0.637. The largest absolute Gasteiger partial charge is 0.465 e. The molecule has 1 atom stereocenters. The van der Waals surface area contributed by atoms with Crippen molar-refractivity contribution < 1.29 is 23.1 Å². The summed E-state index contributed by atoms with van der Waals surface area (Å²) >= 11 is 0. The molecule has 2 rings (SSSR count). The molecule has 1 aromatic carbocycles. The minimum Gasteiger partial charge on any atom is -0.465 e. The van der Waals surface area contributed by atoms with E-state index >= 15 is 0 Å². The maximum Gasteiger partial charge on any atom is 0.310 e. The summed E-state index contributed by atoms with van der Waals surface area (Å²) in [5, 5.41) is 0. The van der Waals surface area contributed by atoms with Crippen LogP contribution in [-0.2, 0) is 20.7 Å². The highest BCUT2D eigenvalue weighted by Gasteiger charge is 2.29. The predicted octanol–water partition coefficient (Wildman–Crippen LogP) is 1.92. The monoisotopic (exact) mass is 297 g/mol. The lowest BCUT2D eigenvalue weighted by Crippen LogP contribution is -2.25. The van der Waals surface area contributed by atoms with Crippen LogP contribution in [0, 0.1) is 17.6 Å². The van der Waals surface area contributed by atoms with Crippen molar-refractivity contribution in [1.29, 1.82) is 0 Å². The van der Waals surface area contributed by atoms with Gasteiger partial charge < -0.3 is 9.64 Å². The molecule has 0 aromatic heterocycles. The number of carbonyl (C=O) groups is 2. The van der Waals surface area contributed by atoms with Gasteiger partial charge in [0.1, 0.15) is 11.6 Å². The average Bonchev–Trinajstić information content (AvgIpc) is 2.81. The Kier molecular flexibility index (Phi) is 4.88. The molecule has 1 aliphatic heterocycles. The van der Waals surface area contributed by atoms with Gasteiger partial charge >= 0.3 is 5.97 Å². The quantitative estimate of drug-likeness (QED) is 0.780. The van der Waals surface area contributed by atoms with Gasteiger partial charge in [-0.1, -0.05) is 0 Å². The zero-order valence-corrected chi connectivity index (χ0v) is 11.8. The molecule has 114 valence electrons. The Hall–Kier alpha value is -1.98. The zero-order chi connectivity index (χ0) is 15.4. The number of halogens is 2. The summed E-state index contributed by atoms with van der Waals surface area (Å²) in [6.45, 7) is 3.21. The van der Waals surface area contributed by atoms with E-state index in [9.17, 15) is 18.4 Å². The fraction of sp³-hybridized carbons (Fsp3) is 0.467. The molecule has 0 spiro atoms. The number of esters is 1. The first-order valence-electron chi connectivity index (χ1n) is 6.87. The number of rotatable bonds is 5. The summed E-state index contributed by atoms with van der Waals surface area (Å²) in [6.07, 6.45) is 0.0389. The van der Waals surface area contributed by atoms with Gasteiger partial charge in [-0.25, -0.2) is 8.78 Å². The number of hydrogen-bond acceptors (Lipinski definition) is 3. The Balaban J connectivity index is 1.83. The topological polar surface area (TPSA) is 46.6 Å². The van der Waals surface area contributed by atoms with Crippen molar-refractivity contribution in [3.05, 3.63) is 35.4 Å². The average molecular weight is 297 g/mol. The molecular weight excluding hydrogens is 280 g/mol. The summed E-state index contributed by atoms with van der Waals surface area (Å²) < 4.78 is 31.4. The van der Waals surface area contributed by atoms with Crippen LogP contribution >= 0.6 is 0 Å². The fourth-order valence-corrected chi connectivity index (χ4v) is 2.37. The van der Waals surface area contributed by atoms with E-state index < -0.39 is 17.6 Å². The van der Waals surface area contributed by atoms with E-state index in [4.69, 9.17) is 4.74 Å². The summed E-state index contributed by atoms with van der Waals surface area (Å²) in [6, 6.07) is 2.95. The second-order valence-corrected chi connectivity index (χ2v) is 5.10. The highest BCUT2D eigenvalue weighted by atomic mass is 19.1. The van der Waals surface area contributed by atoms with Crippen LogP contribution in [-0.4, -0.2) is 36.5 Å². The molecule has 0 saturated carbocycles. The van der Waals surface area contributed by atoms with Crippen molar-refractivity contribution in [3.8, 4) is 0 Å². The van der Waals surface area contributed by atoms with Crippen LogP contribution in [0.5, 0.6) is 0 Å². The predicted molar refractivity (Wildman–Crippen MR) is 71.4 cm³/mol. The van der Waals surface area contributed by atoms with E-state index in [0.29, 0.717) is 19.5 Å². The molecule has 21 heavy (non-hydrogen) atoms. The first-order valence-corrected chi connectivity index (χ1v) is 6.87. The smallest absolute Gasteiger partial charge is 0.310 e. The summed E-state index contributed by atoms with van der Waals surface area (Å²) in [7, 11) is 0. The van der Waals surface area contributed by atoms with Gasteiger partial charge in [-0.3, -0.25) is 9.59 Å². The SMILES string of the molecule is CCN1CC(COC(=O)Cc2cc(F)ccc2F)CC1=O. The Morgan fingerprint density at radius 3 is 2.86 bits per heavy atom. The van der Waals surface area contributed by atoms with Crippen molar-refractivity contribution in [3.63, 3.8) is 0 Å². The van der Waals surface area contributed by atoms with Gasteiger partial charge in [0.25, 0.3) is 0 Å². The lowest BCUT2D eigenvalue weighted by molar-refractivity contribution is -0.144. The van der Waals surface area contributed by atoms with Gasteiger partial charge in [0, 0.05) is 31.0 Å². The number of nitrogens with zero attached hydrogens (tertiary/aromatic N) is 1. The zero-order valence-electron chi connectivity index (χ0n) is 11.8. The normalized spacial score (nSPS) is 18.1. The molecule has 1 heterocycles. The van der Waals surface area contributed by atoms with Gasteiger partial charge in [0.15, 0.2) is 0 Å². The third-order valence-electron chi connectivity index (χ3n) is 3.50. The molecule has 0 aliphatic carbocycles. The van der Waals surface area contributed by atoms with Crippen molar-refractivity contribution >= 4 is 11.9 Å². The van der Waals surface area contributed by atoms with Crippen LogP contribution in [0.15, 0.2) is 18.2 Å². The number of carbonyl (C=O) groups excluding carboxylic acids is 2. The van der Waals surface area contributed by atoms with Crippen molar-refractivity contribution in [1.82, 2.24) is 4.90 Å². The highest BCUT2D eigenvalue weighted by molar-refractivity contribution is 5.78. The first kappa shape index (κ1) is 15.4. The van der Waals surface area contributed by atoms with Crippen molar-refractivity contribution in [2.24, 2.45) is 5.92 Å². The van der Waals surface area contributed by atoms with Crippen LogP contribution in [0.25, 0.3) is 0 Å². The second-order valence-electron chi connectivity index (χ2n) is 5.10. The first-order chi connectivity index (χ1) is 9.99. The van der Waals surface area contributed by atoms with E-state index in [0.717, 1.165) is 18.2 Å². The number of likely N-dealkylation sites (tertiary alicyclic amines) is 1. The standard InChI is InChI=1S/C15H17F2NO3/c1-2-18-8-10(5-14(18)19)9-21-15(20)7-11-6-12(16)3-4-13(11)17/h3-4,6,10H,2,5,7-9H2,1H3. The lowest BCUT2D eigenvalue weighted by Gasteiger charge is -2.13. The molecule has 1 fully saturated rings. The molecule has 1 amide bonds. The minimum absolute atomic E-state index is 0.0289. The van der Waals surface area contributed by atoms with E-state index in [1.54, 1.807) is 4.90 Å². The number of benzene rings is 1. The van der Waals surface area contributed by atoms with Gasteiger partial charge in [0.05, 0.1) is 13.0 Å². The molecule has 1 aliphatic rings. The van der Waals surface area contributed by atoms with Crippen LogP contribution in [0.3, 0.4) is 0 Å². The van der Waals surface area contributed by atoms with Crippen LogP contribution < -0.4 is 0 Å². The molecule has 0 bridgehead atoms. The summed E-state index contributed by atoms with van der Waals surface area (Å²) in [4.78, 5) is 24.9. The Labute approximate surface area is 121 Å². The van der Waals surface area contributed by atoms with Crippen LogP contribution in [0.1, 0.15) is 18.9 Å². The van der Waals surface area contributed by atoms with Gasteiger partial charge in [0.2, 0.25) is 5.91 Å². The highest BCUT2D eigenvalue weighted by Crippen LogP contribution is 2.18. The summed E-state index contributed by atoms with van der Waals surface area (Å²) in [5.41, 5.74) is -0.0299. The molecule has 1 unspecified atom stereocenters. The number of hydrogen-bond donors (Lipinski definition) is 0. The third-order valence-corrected chi connectivity index (χ3v) is 3.50. The maximum absolute atomic E-state index is 13.4. The van der Waals surface area contributed by atoms with Crippen LogP contribution in [0.2, 0.25) is 0 Å². The summed E-state index contributed by atoms with van der Waals surface area (Å²) in [5.74, 6) is -1.84. The molecule has 4 nitrogen and oxygen atoms in total. The molecule has 1 saturated heterocycles. The molecule has 6 heteroatoms. The number of ether oxygens (including phenoxy) is 1. The van der Waals surface area contributed by atoms with E-state index in [-0.39, 0.29) is 30.4 Å². The Bertz CT molecular complexity index is 548. The maximum atomic E-state index is 13.4.